The summed E-state index contributed by atoms with van der Waals surface area (Å²) in [5.74, 6) is 0.322. The van der Waals surface area contributed by atoms with E-state index < -0.39 is 0 Å². The number of rotatable bonds is 4. The van der Waals surface area contributed by atoms with Gasteiger partial charge in [0, 0.05) is 19.8 Å². The van der Waals surface area contributed by atoms with Gasteiger partial charge in [0.15, 0.2) is 11.5 Å². The van der Waals surface area contributed by atoms with Gasteiger partial charge < -0.3 is 14.7 Å². The number of halogens is 1. The second-order valence-corrected chi connectivity index (χ2v) is 5.26. The van der Waals surface area contributed by atoms with Crippen molar-refractivity contribution < 1.29 is 14.6 Å². The number of phenolic OH excluding ortho intramolecular Hbond substituents is 1. The van der Waals surface area contributed by atoms with E-state index in [9.17, 15) is 9.90 Å². The van der Waals surface area contributed by atoms with Crippen LogP contribution >= 0.6 is 15.9 Å². The second kappa shape index (κ2) is 6.58. The average molecular weight is 351 g/mol. The van der Waals surface area contributed by atoms with Crippen LogP contribution in [0.2, 0.25) is 0 Å². The smallest absolute Gasteiger partial charge is 0.256 e. The van der Waals surface area contributed by atoms with Crippen molar-refractivity contribution in [3.05, 3.63) is 52.3 Å². The van der Waals surface area contributed by atoms with Gasteiger partial charge in [-0.15, -0.1) is 0 Å². The van der Waals surface area contributed by atoms with Crippen LogP contribution in [0.5, 0.6) is 11.5 Å². The lowest BCUT2D eigenvalue weighted by Crippen LogP contribution is -2.26. The summed E-state index contributed by atoms with van der Waals surface area (Å²) in [5.41, 5.74) is 1.37. The predicted molar refractivity (Wildman–Crippen MR) is 82.4 cm³/mol. The zero-order chi connectivity index (χ0) is 15.4. The summed E-state index contributed by atoms with van der Waals surface area (Å²) in [6, 6.07) is 8.44. The van der Waals surface area contributed by atoms with E-state index in [-0.39, 0.29) is 11.7 Å². The minimum Gasteiger partial charge on any atom is -0.504 e. The SMILES string of the molecule is COc1cc(CN(C)C(=O)c2cccnc2Br)ccc1O. The van der Waals surface area contributed by atoms with Crippen molar-refractivity contribution in [3.63, 3.8) is 0 Å². The number of carbonyl (C=O) groups is 1. The third-order valence-corrected chi connectivity index (χ3v) is 3.63. The van der Waals surface area contributed by atoms with Crippen LogP contribution < -0.4 is 4.74 Å². The number of hydrogen-bond donors (Lipinski definition) is 1. The van der Waals surface area contributed by atoms with Gasteiger partial charge in [0.05, 0.1) is 12.7 Å². The molecule has 0 radical (unpaired) electrons. The Morgan fingerprint density at radius 1 is 1.43 bits per heavy atom. The lowest BCUT2D eigenvalue weighted by molar-refractivity contribution is 0.0783. The molecule has 0 unspecified atom stereocenters. The third-order valence-electron chi connectivity index (χ3n) is 3.00. The second-order valence-electron chi connectivity index (χ2n) is 4.51. The molecule has 1 aromatic carbocycles. The van der Waals surface area contributed by atoms with Crippen LogP contribution in [0, 0.1) is 0 Å². The van der Waals surface area contributed by atoms with E-state index in [1.807, 2.05) is 0 Å². The zero-order valence-corrected chi connectivity index (χ0v) is 13.3. The lowest BCUT2D eigenvalue weighted by Gasteiger charge is -2.18. The molecule has 21 heavy (non-hydrogen) atoms. The quantitative estimate of drug-likeness (QED) is 0.861. The number of carbonyl (C=O) groups excluding carboxylic acids is 1. The number of pyridine rings is 1. The maximum absolute atomic E-state index is 12.4. The molecule has 5 nitrogen and oxygen atoms in total. The van der Waals surface area contributed by atoms with Crippen molar-refractivity contribution in [2.75, 3.05) is 14.2 Å². The fourth-order valence-electron chi connectivity index (χ4n) is 1.92. The van der Waals surface area contributed by atoms with E-state index in [4.69, 9.17) is 4.74 Å². The van der Waals surface area contributed by atoms with Gasteiger partial charge in [-0.2, -0.15) is 0 Å². The maximum atomic E-state index is 12.4. The van der Waals surface area contributed by atoms with Gasteiger partial charge in [0.1, 0.15) is 4.60 Å². The van der Waals surface area contributed by atoms with Gasteiger partial charge in [0.25, 0.3) is 5.91 Å². The normalized spacial score (nSPS) is 10.2. The van der Waals surface area contributed by atoms with Crippen LogP contribution in [0.15, 0.2) is 41.1 Å². The summed E-state index contributed by atoms with van der Waals surface area (Å²) in [4.78, 5) is 18.0. The van der Waals surface area contributed by atoms with E-state index in [1.165, 1.54) is 7.11 Å². The van der Waals surface area contributed by atoms with Gasteiger partial charge in [-0.05, 0) is 45.8 Å². The van der Waals surface area contributed by atoms with E-state index in [1.54, 1.807) is 48.5 Å². The van der Waals surface area contributed by atoms with E-state index >= 15 is 0 Å². The molecule has 1 heterocycles. The van der Waals surface area contributed by atoms with Crippen LogP contribution in [-0.2, 0) is 6.54 Å². The summed E-state index contributed by atoms with van der Waals surface area (Å²) in [5, 5.41) is 9.57. The van der Waals surface area contributed by atoms with Crippen LogP contribution in [0.4, 0.5) is 0 Å². The topological polar surface area (TPSA) is 62.7 Å². The Labute approximate surface area is 131 Å². The first kappa shape index (κ1) is 15.3. The third kappa shape index (κ3) is 3.52. The molecule has 110 valence electrons. The average Bonchev–Trinajstić information content (AvgIpc) is 2.49. The van der Waals surface area contributed by atoms with E-state index in [2.05, 4.69) is 20.9 Å². The zero-order valence-electron chi connectivity index (χ0n) is 11.7. The molecule has 0 bridgehead atoms. The first-order valence-electron chi connectivity index (χ1n) is 6.24. The monoisotopic (exact) mass is 350 g/mol. The standard InChI is InChI=1S/C15H15BrN2O3/c1-18(15(20)11-4-3-7-17-14(11)16)9-10-5-6-12(19)13(8-10)21-2/h3-8,19H,9H2,1-2H3. The first-order chi connectivity index (χ1) is 10.0. The Morgan fingerprint density at radius 3 is 2.86 bits per heavy atom. The van der Waals surface area contributed by atoms with Crippen molar-refractivity contribution in [1.82, 2.24) is 9.88 Å². The number of nitrogens with zero attached hydrogens (tertiary/aromatic N) is 2. The number of aromatic nitrogens is 1. The molecule has 1 aromatic heterocycles. The molecule has 0 spiro atoms. The summed E-state index contributed by atoms with van der Waals surface area (Å²) in [7, 11) is 3.20. The van der Waals surface area contributed by atoms with Crippen molar-refractivity contribution >= 4 is 21.8 Å². The molecule has 2 rings (SSSR count). The fourth-order valence-corrected chi connectivity index (χ4v) is 2.34. The highest BCUT2D eigenvalue weighted by Crippen LogP contribution is 2.27. The molecule has 1 N–H and O–H groups in total. The lowest BCUT2D eigenvalue weighted by atomic mass is 10.1. The highest BCUT2D eigenvalue weighted by molar-refractivity contribution is 9.10. The largest absolute Gasteiger partial charge is 0.504 e. The summed E-state index contributed by atoms with van der Waals surface area (Å²) >= 11 is 3.27. The van der Waals surface area contributed by atoms with Crippen LogP contribution in [0.25, 0.3) is 0 Å². The first-order valence-corrected chi connectivity index (χ1v) is 7.04. The Kier molecular flexibility index (Phi) is 4.80. The van der Waals surface area contributed by atoms with Crippen molar-refractivity contribution in [3.8, 4) is 11.5 Å². The Balaban J connectivity index is 2.16. The highest BCUT2D eigenvalue weighted by Gasteiger charge is 2.16. The van der Waals surface area contributed by atoms with Crippen LogP contribution in [0.3, 0.4) is 0 Å². The molecule has 0 aliphatic carbocycles. The van der Waals surface area contributed by atoms with Gasteiger partial charge >= 0.3 is 0 Å². The molecule has 0 saturated carbocycles. The molecular formula is C15H15BrN2O3. The number of methoxy groups -OCH3 is 1. The molecule has 0 saturated heterocycles. The molecule has 0 aliphatic heterocycles. The molecule has 0 aliphatic rings. The van der Waals surface area contributed by atoms with Gasteiger partial charge in [0.2, 0.25) is 0 Å². The van der Waals surface area contributed by atoms with Crippen LogP contribution in [-0.4, -0.2) is 35.1 Å². The van der Waals surface area contributed by atoms with Crippen LogP contribution in [0.1, 0.15) is 15.9 Å². The van der Waals surface area contributed by atoms with Gasteiger partial charge in [-0.1, -0.05) is 6.07 Å². The summed E-state index contributed by atoms with van der Waals surface area (Å²) < 4.78 is 5.58. The minimum atomic E-state index is -0.137. The predicted octanol–water partition coefficient (Wildman–Crippen LogP) is 2.83. The number of benzene rings is 1. The van der Waals surface area contributed by atoms with Crippen molar-refractivity contribution in [1.29, 1.82) is 0 Å². The molecule has 1 amide bonds. The molecule has 0 atom stereocenters. The summed E-state index contributed by atoms with van der Waals surface area (Å²) in [6.07, 6.45) is 1.62. The number of hydrogen-bond acceptors (Lipinski definition) is 4. The summed E-state index contributed by atoms with van der Waals surface area (Å²) in [6.45, 7) is 0.400. The Morgan fingerprint density at radius 2 is 2.19 bits per heavy atom. The van der Waals surface area contributed by atoms with Crippen molar-refractivity contribution in [2.24, 2.45) is 0 Å². The Hall–Kier alpha value is -2.08. The van der Waals surface area contributed by atoms with E-state index in [0.717, 1.165) is 5.56 Å². The van der Waals surface area contributed by atoms with Crippen molar-refractivity contribution in [2.45, 2.75) is 6.54 Å². The fraction of sp³-hybridized carbons (Fsp3) is 0.200. The van der Waals surface area contributed by atoms with Gasteiger partial charge in [-0.3, -0.25) is 4.79 Å². The number of aromatic hydroxyl groups is 1. The highest BCUT2D eigenvalue weighted by atomic mass is 79.9. The minimum absolute atomic E-state index is 0.0743. The maximum Gasteiger partial charge on any atom is 0.256 e. The van der Waals surface area contributed by atoms with E-state index in [0.29, 0.717) is 22.5 Å². The van der Waals surface area contributed by atoms with Gasteiger partial charge in [-0.25, -0.2) is 4.98 Å². The number of amides is 1. The Bertz CT molecular complexity index is 661. The molecule has 2 aromatic rings. The molecule has 0 fully saturated rings. The number of phenols is 1. The molecular weight excluding hydrogens is 336 g/mol. The number of ether oxygens (including phenoxy) is 1. The molecule has 6 heteroatoms.